The lowest BCUT2D eigenvalue weighted by molar-refractivity contribution is 0.0963. The van der Waals surface area contributed by atoms with Gasteiger partial charge in [0.15, 0.2) is 5.78 Å². The Kier molecular flexibility index (Phi) is 1.84. The number of hydrogen-bond acceptors (Lipinski definition) is 4. The summed E-state index contributed by atoms with van der Waals surface area (Å²) in [7, 11) is 0. The molecule has 13 heavy (non-hydrogen) atoms. The van der Waals surface area contributed by atoms with Crippen molar-refractivity contribution in [3.05, 3.63) is 23.3 Å². The Morgan fingerprint density at radius 3 is 3.00 bits per heavy atom. The smallest absolute Gasteiger partial charge is 0.168 e. The summed E-state index contributed by atoms with van der Waals surface area (Å²) in [6.45, 7) is 1.83. The Bertz CT molecular complexity index is 362. The average Bonchev–Trinajstić information content (AvgIpc) is 2.02. The molecule has 0 spiro atoms. The van der Waals surface area contributed by atoms with Crippen molar-refractivity contribution in [2.75, 3.05) is 0 Å². The fourth-order valence-electron chi connectivity index (χ4n) is 1.70. The van der Waals surface area contributed by atoms with Crippen molar-refractivity contribution < 1.29 is 4.79 Å². The molecule has 4 nitrogen and oxygen atoms in total. The zero-order valence-electron chi connectivity index (χ0n) is 7.45. The first kappa shape index (κ1) is 8.31. The van der Waals surface area contributed by atoms with Gasteiger partial charge in [0, 0.05) is 18.9 Å². The highest BCUT2D eigenvalue weighted by atomic mass is 16.1. The number of carbonyl (C=O) groups excluding carboxylic acids is 1. The predicted octanol–water partition coefficient (Wildman–Crippen LogP) is 0.241. The standard InChI is InChI=1S/C9H11N3O/c1-5-9-7(12-4-11-5)2-6(10)3-8(9)13/h4,6H,2-3,10H2,1H3. The normalized spacial score (nSPS) is 21.4. The van der Waals surface area contributed by atoms with Crippen LogP contribution in [-0.4, -0.2) is 21.8 Å². The van der Waals surface area contributed by atoms with E-state index in [1.165, 1.54) is 6.33 Å². The summed E-state index contributed by atoms with van der Waals surface area (Å²) in [6, 6.07) is -0.0747. The SMILES string of the molecule is Cc1ncnc2c1C(=O)CC(N)C2. The van der Waals surface area contributed by atoms with Crippen LogP contribution < -0.4 is 5.73 Å². The number of nitrogens with zero attached hydrogens (tertiary/aromatic N) is 2. The van der Waals surface area contributed by atoms with E-state index in [0.717, 1.165) is 11.4 Å². The van der Waals surface area contributed by atoms with E-state index in [0.29, 0.717) is 18.4 Å². The van der Waals surface area contributed by atoms with Crippen molar-refractivity contribution in [2.24, 2.45) is 5.73 Å². The number of rotatable bonds is 0. The lowest BCUT2D eigenvalue weighted by Gasteiger charge is -2.19. The molecule has 0 aliphatic heterocycles. The van der Waals surface area contributed by atoms with E-state index in [1.807, 2.05) is 6.92 Å². The molecule has 1 aromatic heterocycles. The van der Waals surface area contributed by atoms with E-state index in [9.17, 15) is 4.79 Å². The molecule has 0 bridgehead atoms. The van der Waals surface area contributed by atoms with Crippen LogP contribution >= 0.6 is 0 Å². The van der Waals surface area contributed by atoms with Gasteiger partial charge in [-0.05, 0) is 6.92 Å². The minimum Gasteiger partial charge on any atom is -0.327 e. The van der Waals surface area contributed by atoms with Gasteiger partial charge in [-0.1, -0.05) is 0 Å². The van der Waals surface area contributed by atoms with Gasteiger partial charge in [0.2, 0.25) is 0 Å². The van der Waals surface area contributed by atoms with Crippen molar-refractivity contribution in [1.29, 1.82) is 0 Å². The summed E-state index contributed by atoms with van der Waals surface area (Å²) < 4.78 is 0. The third-order valence-corrected chi connectivity index (χ3v) is 2.30. The first-order valence-corrected chi connectivity index (χ1v) is 4.27. The topological polar surface area (TPSA) is 68.9 Å². The second-order valence-electron chi connectivity index (χ2n) is 3.37. The van der Waals surface area contributed by atoms with Crippen LogP contribution in [0.2, 0.25) is 0 Å². The molecule has 0 saturated heterocycles. The van der Waals surface area contributed by atoms with Crippen molar-refractivity contribution in [2.45, 2.75) is 25.8 Å². The third kappa shape index (κ3) is 1.33. The molecular weight excluding hydrogens is 166 g/mol. The summed E-state index contributed by atoms with van der Waals surface area (Å²) >= 11 is 0. The van der Waals surface area contributed by atoms with Crippen molar-refractivity contribution in [3.63, 3.8) is 0 Å². The Morgan fingerprint density at radius 1 is 1.46 bits per heavy atom. The fourth-order valence-corrected chi connectivity index (χ4v) is 1.70. The molecule has 0 fully saturated rings. The first-order chi connectivity index (χ1) is 6.18. The Hall–Kier alpha value is -1.29. The molecule has 2 N–H and O–H groups in total. The summed E-state index contributed by atoms with van der Waals surface area (Å²) in [5.74, 6) is 0.0758. The number of aromatic nitrogens is 2. The van der Waals surface area contributed by atoms with Gasteiger partial charge in [0.05, 0.1) is 17.0 Å². The molecule has 1 atom stereocenters. The second kappa shape index (κ2) is 2.88. The number of fused-ring (bicyclic) bond motifs is 1. The number of Topliss-reactive ketones (excluding diaryl/α,β-unsaturated/α-hetero) is 1. The minimum absolute atomic E-state index is 0.0747. The van der Waals surface area contributed by atoms with E-state index >= 15 is 0 Å². The predicted molar refractivity (Wildman–Crippen MR) is 47.4 cm³/mol. The largest absolute Gasteiger partial charge is 0.327 e. The maximum Gasteiger partial charge on any atom is 0.168 e. The van der Waals surface area contributed by atoms with Gasteiger partial charge < -0.3 is 5.73 Å². The Morgan fingerprint density at radius 2 is 2.23 bits per heavy atom. The van der Waals surface area contributed by atoms with Crippen LogP contribution in [0.3, 0.4) is 0 Å². The zero-order chi connectivity index (χ0) is 9.42. The third-order valence-electron chi connectivity index (χ3n) is 2.30. The molecule has 0 saturated carbocycles. The maximum atomic E-state index is 11.6. The Balaban J connectivity index is 2.55. The first-order valence-electron chi connectivity index (χ1n) is 4.27. The highest BCUT2D eigenvalue weighted by molar-refractivity contribution is 5.99. The van der Waals surface area contributed by atoms with Crippen LogP contribution in [0, 0.1) is 6.92 Å². The number of aryl methyl sites for hydroxylation is 1. The summed E-state index contributed by atoms with van der Waals surface area (Å²) in [4.78, 5) is 19.6. The molecule has 4 heteroatoms. The average molecular weight is 177 g/mol. The van der Waals surface area contributed by atoms with Crippen molar-refractivity contribution in [3.8, 4) is 0 Å². The molecule has 1 aliphatic carbocycles. The molecule has 1 unspecified atom stereocenters. The Labute approximate surface area is 76.2 Å². The van der Waals surface area contributed by atoms with E-state index in [2.05, 4.69) is 9.97 Å². The van der Waals surface area contributed by atoms with E-state index in [4.69, 9.17) is 5.73 Å². The molecule has 1 aliphatic rings. The summed E-state index contributed by atoms with van der Waals surface area (Å²) in [5.41, 5.74) is 7.96. The molecule has 0 aromatic carbocycles. The molecule has 68 valence electrons. The van der Waals surface area contributed by atoms with Crippen LogP contribution in [0.5, 0.6) is 0 Å². The van der Waals surface area contributed by atoms with Gasteiger partial charge in [-0.25, -0.2) is 9.97 Å². The lowest BCUT2D eigenvalue weighted by atomic mass is 9.90. The summed E-state index contributed by atoms with van der Waals surface area (Å²) in [5, 5.41) is 0. The highest BCUT2D eigenvalue weighted by Gasteiger charge is 2.25. The van der Waals surface area contributed by atoms with Gasteiger partial charge in [0.25, 0.3) is 0 Å². The highest BCUT2D eigenvalue weighted by Crippen LogP contribution is 2.19. The van der Waals surface area contributed by atoms with Gasteiger partial charge in [-0.15, -0.1) is 0 Å². The molecule has 0 amide bonds. The monoisotopic (exact) mass is 177 g/mol. The van der Waals surface area contributed by atoms with Crippen molar-refractivity contribution in [1.82, 2.24) is 9.97 Å². The molecule has 1 aromatic rings. The van der Waals surface area contributed by atoms with Crippen LogP contribution in [-0.2, 0) is 6.42 Å². The van der Waals surface area contributed by atoms with Crippen LogP contribution in [0.1, 0.15) is 28.2 Å². The van der Waals surface area contributed by atoms with Gasteiger partial charge >= 0.3 is 0 Å². The maximum absolute atomic E-state index is 11.6. The van der Waals surface area contributed by atoms with Gasteiger partial charge in [-0.3, -0.25) is 4.79 Å². The molecular formula is C9H11N3O. The van der Waals surface area contributed by atoms with E-state index in [-0.39, 0.29) is 11.8 Å². The minimum atomic E-state index is -0.0747. The summed E-state index contributed by atoms with van der Waals surface area (Å²) in [6.07, 6.45) is 2.59. The molecule has 1 heterocycles. The zero-order valence-corrected chi connectivity index (χ0v) is 7.45. The second-order valence-corrected chi connectivity index (χ2v) is 3.37. The molecule has 2 rings (SSSR count). The lowest BCUT2D eigenvalue weighted by Crippen LogP contribution is -2.33. The quantitative estimate of drug-likeness (QED) is 0.616. The number of nitrogens with two attached hydrogens (primary N) is 1. The van der Waals surface area contributed by atoms with Crippen LogP contribution in [0.25, 0.3) is 0 Å². The van der Waals surface area contributed by atoms with E-state index in [1.54, 1.807) is 0 Å². The fraction of sp³-hybridized carbons (Fsp3) is 0.444. The molecule has 0 radical (unpaired) electrons. The van der Waals surface area contributed by atoms with Crippen LogP contribution in [0.15, 0.2) is 6.33 Å². The van der Waals surface area contributed by atoms with Gasteiger partial charge in [-0.2, -0.15) is 0 Å². The number of hydrogen-bond donors (Lipinski definition) is 1. The van der Waals surface area contributed by atoms with Gasteiger partial charge in [0.1, 0.15) is 6.33 Å². The number of carbonyl (C=O) groups is 1. The van der Waals surface area contributed by atoms with Crippen molar-refractivity contribution >= 4 is 5.78 Å². The number of ketones is 1. The van der Waals surface area contributed by atoms with Crippen LogP contribution in [0.4, 0.5) is 0 Å². The van der Waals surface area contributed by atoms with E-state index < -0.39 is 0 Å².